The Bertz CT molecular complexity index is 403. The van der Waals surface area contributed by atoms with Crippen molar-refractivity contribution in [3.63, 3.8) is 0 Å². The van der Waals surface area contributed by atoms with Gasteiger partial charge in [0.1, 0.15) is 17.1 Å². The maximum atomic E-state index is 11.6. The molecule has 1 aromatic rings. The monoisotopic (exact) mass is 236 g/mol. The Balaban J connectivity index is 3.50. The molecule has 0 aliphatic heterocycles. The number of hydrogen-bond donors (Lipinski definition) is 0. The number of hydrogen-bond acceptors (Lipinski definition) is 3. The van der Waals surface area contributed by atoms with Gasteiger partial charge in [0.2, 0.25) is 0 Å². The molecular weight excluding hydrogens is 216 g/mol. The van der Waals surface area contributed by atoms with Gasteiger partial charge in [-0.3, -0.25) is 4.79 Å². The van der Waals surface area contributed by atoms with Crippen LogP contribution < -0.4 is 9.47 Å². The molecule has 0 aliphatic carbocycles. The Morgan fingerprint density at radius 2 is 1.47 bits per heavy atom. The highest BCUT2D eigenvalue weighted by molar-refractivity contribution is 5.99. The molecular formula is C14H20O3. The molecule has 0 saturated heterocycles. The van der Waals surface area contributed by atoms with Crippen molar-refractivity contribution in [2.45, 2.75) is 33.1 Å². The smallest absolute Gasteiger partial charge is 0.167 e. The van der Waals surface area contributed by atoms with E-state index < -0.39 is 0 Å². The molecule has 0 N–H and O–H groups in total. The minimum absolute atomic E-state index is 0.0180. The molecule has 1 aromatic carbocycles. The minimum Gasteiger partial charge on any atom is -0.496 e. The topological polar surface area (TPSA) is 35.5 Å². The molecule has 3 nitrogen and oxygen atoms in total. The van der Waals surface area contributed by atoms with Gasteiger partial charge in [-0.15, -0.1) is 0 Å². The largest absolute Gasteiger partial charge is 0.496 e. The molecule has 0 aromatic heterocycles. The SMILES string of the molecule is COc1cc(C(C)(C)C)cc(OC)c1C(C)=O. The summed E-state index contributed by atoms with van der Waals surface area (Å²) in [5, 5.41) is 0. The summed E-state index contributed by atoms with van der Waals surface area (Å²) < 4.78 is 10.6. The van der Waals surface area contributed by atoms with Gasteiger partial charge in [0, 0.05) is 0 Å². The van der Waals surface area contributed by atoms with Gasteiger partial charge in [0.25, 0.3) is 0 Å². The maximum Gasteiger partial charge on any atom is 0.167 e. The van der Waals surface area contributed by atoms with Gasteiger partial charge in [0.05, 0.1) is 14.2 Å². The van der Waals surface area contributed by atoms with Crippen molar-refractivity contribution >= 4 is 5.78 Å². The second-order valence-corrected chi connectivity index (χ2v) is 5.06. The summed E-state index contributed by atoms with van der Waals surface area (Å²) >= 11 is 0. The number of ketones is 1. The lowest BCUT2D eigenvalue weighted by atomic mass is 9.85. The number of methoxy groups -OCH3 is 2. The van der Waals surface area contributed by atoms with Crippen LogP contribution in [0.3, 0.4) is 0 Å². The molecule has 0 amide bonds. The second-order valence-electron chi connectivity index (χ2n) is 5.06. The molecule has 3 heteroatoms. The number of Topliss-reactive ketones (excluding diaryl/α,β-unsaturated/α-hetero) is 1. The fourth-order valence-corrected chi connectivity index (χ4v) is 1.69. The summed E-state index contributed by atoms with van der Waals surface area (Å²) in [5.74, 6) is 1.09. The van der Waals surface area contributed by atoms with Gasteiger partial charge >= 0.3 is 0 Å². The van der Waals surface area contributed by atoms with Gasteiger partial charge in [-0.1, -0.05) is 20.8 Å². The van der Waals surface area contributed by atoms with E-state index in [9.17, 15) is 4.79 Å². The average Bonchev–Trinajstić information content (AvgIpc) is 2.25. The van der Waals surface area contributed by atoms with Crippen LogP contribution in [-0.2, 0) is 5.41 Å². The molecule has 0 radical (unpaired) electrons. The molecule has 0 spiro atoms. The summed E-state index contributed by atoms with van der Waals surface area (Å²) in [6, 6.07) is 3.80. The number of benzene rings is 1. The normalized spacial score (nSPS) is 11.2. The third kappa shape index (κ3) is 2.78. The first kappa shape index (κ1) is 13.6. The first-order valence-corrected chi connectivity index (χ1v) is 5.58. The van der Waals surface area contributed by atoms with E-state index in [4.69, 9.17) is 9.47 Å². The Morgan fingerprint density at radius 3 is 1.71 bits per heavy atom. The highest BCUT2D eigenvalue weighted by Gasteiger charge is 2.21. The van der Waals surface area contributed by atoms with E-state index in [2.05, 4.69) is 20.8 Å². The van der Waals surface area contributed by atoms with Crippen LogP contribution in [0.15, 0.2) is 12.1 Å². The summed E-state index contributed by atoms with van der Waals surface area (Å²) in [6.07, 6.45) is 0. The molecule has 0 aliphatic rings. The van der Waals surface area contributed by atoms with Crippen molar-refractivity contribution in [2.24, 2.45) is 0 Å². The number of rotatable bonds is 3. The highest BCUT2D eigenvalue weighted by Crippen LogP contribution is 2.35. The summed E-state index contributed by atoms with van der Waals surface area (Å²) in [7, 11) is 3.13. The van der Waals surface area contributed by atoms with E-state index in [-0.39, 0.29) is 11.2 Å². The third-order valence-corrected chi connectivity index (χ3v) is 2.72. The molecule has 0 atom stereocenters. The molecule has 0 heterocycles. The first-order chi connectivity index (χ1) is 7.81. The first-order valence-electron chi connectivity index (χ1n) is 5.58. The van der Waals surface area contributed by atoms with E-state index >= 15 is 0 Å². The van der Waals surface area contributed by atoms with Crippen molar-refractivity contribution in [3.05, 3.63) is 23.3 Å². The zero-order valence-corrected chi connectivity index (χ0v) is 11.4. The van der Waals surface area contributed by atoms with Crippen LogP contribution in [0.25, 0.3) is 0 Å². The third-order valence-electron chi connectivity index (χ3n) is 2.72. The Labute approximate surface area is 103 Å². The molecule has 1 rings (SSSR count). The fourth-order valence-electron chi connectivity index (χ4n) is 1.69. The number of carbonyl (C=O) groups excluding carboxylic acids is 1. The van der Waals surface area contributed by atoms with E-state index in [0.717, 1.165) is 5.56 Å². The summed E-state index contributed by atoms with van der Waals surface area (Å²) in [4.78, 5) is 11.6. The molecule has 0 bridgehead atoms. The fraction of sp³-hybridized carbons (Fsp3) is 0.500. The Kier molecular flexibility index (Phi) is 3.81. The van der Waals surface area contributed by atoms with Crippen molar-refractivity contribution in [1.82, 2.24) is 0 Å². The van der Waals surface area contributed by atoms with Crippen molar-refractivity contribution in [2.75, 3.05) is 14.2 Å². The van der Waals surface area contributed by atoms with Gasteiger partial charge in [0.15, 0.2) is 5.78 Å². The van der Waals surface area contributed by atoms with Crippen molar-refractivity contribution < 1.29 is 14.3 Å². The molecule has 17 heavy (non-hydrogen) atoms. The maximum absolute atomic E-state index is 11.6. The second kappa shape index (κ2) is 4.78. The van der Waals surface area contributed by atoms with E-state index in [1.165, 1.54) is 6.92 Å². The predicted octanol–water partition coefficient (Wildman–Crippen LogP) is 3.20. The van der Waals surface area contributed by atoms with Crippen LogP contribution in [0, 0.1) is 0 Å². The van der Waals surface area contributed by atoms with Crippen LogP contribution in [0.2, 0.25) is 0 Å². The van der Waals surface area contributed by atoms with Gasteiger partial charge in [-0.05, 0) is 30.0 Å². The highest BCUT2D eigenvalue weighted by atomic mass is 16.5. The molecule has 94 valence electrons. The van der Waals surface area contributed by atoms with Crippen LogP contribution in [0.4, 0.5) is 0 Å². The standard InChI is InChI=1S/C14H20O3/c1-9(15)13-11(16-5)7-10(14(2,3)4)8-12(13)17-6/h7-8H,1-6H3. The Morgan fingerprint density at radius 1 is 1.06 bits per heavy atom. The van der Waals surface area contributed by atoms with Crippen molar-refractivity contribution in [3.8, 4) is 11.5 Å². The van der Waals surface area contributed by atoms with E-state index in [1.54, 1.807) is 14.2 Å². The van der Waals surface area contributed by atoms with Crippen molar-refractivity contribution in [1.29, 1.82) is 0 Å². The average molecular weight is 236 g/mol. The molecule has 0 saturated carbocycles. The van der Waals surface area contributed by atoms with Gasteiger partial charge in [-0.25, -0.2) is 0 Å². The quantitative estimate of drug-likeness (QED) is 0.756. The van der Waals surface area contributed by atoms with Gasteiger partial charge in [-0.2, -0.15) is 0 Å². The lowest BCUT2D eigenvalue weighted by molar-refractivity contribution is 0.101. The minimum atomic E-state index is -0.0563. The number of ether oxygens (including phenoxy) is 2. The zero-order valence-electron chi connectivity index (χ0n) is 11.4. The predicted molar refractivity (Wildman–Crippen MR) is 68.3 cm³/mol. The van der Waals surface area contributed by atoms with Crippen LogP contribution >= 0.6 is 0 Å². The van der Waals surface area contributed by atoms with E-state index in [1.807, 2.05) is 12.1 Å². The lowest BCUT2D eigenvalue weighted by Crippen LogP contribution is -2.13. The van der Waals surface area contributed by atoms with Crippen LogP contribution in [-0.4, -0.2) is 20.0 Å². The number of carbonyl (C=O) groups is 1. The summed E-state index contributed by atoms with van der Waals surface area (Å²) in [5.41, 5.74) is 1.56. The molecule has 0 unspecified atom stereocenters. The molecule has 0 fully saturated rings. The van der Waals surface area contributed by atoms with Crippen LogP contribution in [0.5, 0.6) is 11.5 Å². The Hall–Kier alpha value is -1.51. The van der Waals surface area contributed by atoms with Gasteiger partial charge < -0.3 is 9.47 Å². The summed E-state index contributed by atoms with van der Waals surface area (Å²) in [6.45, 7) is 7.83. The zero-order chi connectivity index (χ0) is 13.2. The van der Waals surface area contributed by atoms with E-state index in [0.29, 0.717) is 17.1 Å². The van der Waals surface area contributed by atoms with Crippen LogP contribution in [0.1, 0.15) is 43.6 Å². The lowest BCUT2D eigenvalue weighted by Gasteiger charge is -2.22.